The fourth-order valence-corrected chi connectivity index (χ4v) is 3.45. The number of ketones is 1. The molecule has 1 aliphatic rings. The molecule has 0 atom stereocenters. The number of nitrogens with one attached hydrogen (secondary N) is 1. The van der Waals surface area contributed by atoms with Crippen LogP contribution in [0.2, 0.25) is 10.0 Å². The molecule has 2 nitrogen and oxygen atoms in total. The standard InChI is InChI=1S/C19H13Cl2NO/c20-15-9-14-13-7-6-12(8-11-4-2-1-3-5-11)19(23)18(13)22-17(14)10-16(15)21/h1-5,8-10,22H,6-7H2/b12-8+. The van der Waals surface area contributed by atoms with Gasteiger partial charge in [-0.1, -0.05) is 53.5 Å². The summed E-state index contributed by atoms with van der Waals surface area (Å²) in [6, 6.07) is 13.5. The second-order valence-electron chi connectivity index (χ2n) is 5.70. The zero-order valence-corrected chi connectivity index (χ0v) is 13.7. The van der Waals surface area contributed by atoms with Gasteiger partial charge in [0.1, 0.15) is 0 Å². The van der Waals surface area contributed by atoms with Gasteiger partial charge in [-0.15, -0.1) is 0 Å². The summed E-state index contributed by atoms with van der Waals surface area (Å²) >= 11 is 12.2. The number of benzene rings is 2. The quantitative estimate of drug-likeness (QED) is 0.567. The summed E-state index contributed by atoms with van der Waals surface area (Å²) < 4.78 is 0. The Bertz CT molecular complexity index is 954. The van der Waals surface area contributed by atoms with Crippen LogP contribution in [0.15, 0.2) is 48.0 Å². The predicted octanol–water partition coefficient (Wildman–Crippen LogP) is 5.69. The first-order chi connectivity index (χ1) is 11.1. The van der Waals surface area contributed by atoms with E-state index in [1.165, 1.54) is 0 Å². The van der Waals surface area contributed by atoms with Crippen molar-refractivity contribution in [3.8, 4) is 0 Å². The summed E-state index contributed by atoms with van der Waals surface area (Å²) in [4.78, 5) is 16.0. The number of rotatable bonds is 1. The molecule has 0 spiro atoms. The highest BCUT2D eigenvalue weighted by atomic mass is 35.5. The number of aromatic nitrogens is 1. The van der Waals surface area contributed by atoms with Gasteiger partial charge in [-0.2, -0.15) is 0 Å². The molecule has 3 aromatic rings. The molecule has 1 aromatic heterocycles. The summed E-state index contributed by atoms with van der Waals surface area (Å²) in [5.41, 5.74) is 4.42. The molecular weight excluding hydrogens is 329 g/mol. The fraction of sp³-hybridized carbons (Fsp3) is 0.105. The van der Waals surface area contributed by atoms with Crippen LogP contribution in [0.25, 0.3) is 17.0 Å². The lowest BCUT2D eigenvalue weighted by Crippen LogP contribution is -2.13. The topological polar surface area (TPSA) is 32.9 Å². The molecule has 1 N–H and O–H groups in total. The van der Waals surface area contributed by atoms with Crippen LogP contribution in [0.4, 0.5) is 0 Å². The number of aromatic amines is 1. The lowest BCUT2D eigenvalue weighted by atomic mass is 9.89. The second-order valence-corrected chi connectivity index (χ2v) is 6.51. The number of hydrogen-bond donors (Lipinski definition) is 1. The minimum absolute atomic E-state index is 0.0542. The number of Topliss-reactive ketones (excluding diaryl/α,β-unsaturated/α-hetero) is 1. The number of fused-ring (bicyclic) bond motifs is 3. The number of carbonyl (C=O) groups is 1. The Labute approximate surface area is 143 Å². The van der Waals surface area contributed by atoms with E-state index in [2.05, 4.69) is 4.98 Å². The van der Waals surface area contributed by atoms with Gasteiger partial charge in [-0.25, -0.2) is 0 Å². The van der Waals surface area contributed by atoms with Gasteiger partial charge >= 0.3 is 0 Å². The molecule has 2 aromatic carbocycles. The Morgan fingerprint density at radius 3 is 2.52 bits per heavy atom. The van der Waals surface area contributed by atoms with Crippen LogP contribution in [0, 0.1) is 0 Å². The smallest absolute Gasteiger partial charge is 0.205 e. The Morgan fingerprint density at radius 2 is 1.74 bits per heavy atom. The summed E-state index contributed by atoms with van der Waals surface area (Å²) in [7, 11) is 0. The maximum atomic E-state index is 12.8. The average molecular weight is 342 g/mol. The van der Waals surface area contributed by atoms with Gasteiger partial charge in [0.05, 0.1) is 15.7 Å². The number of hydrogen-bond acceptors (Lipinski definition) is 1. The molecule has 0 bridgehead atoms. The van der Waals surface area contributed by atoms with Crippen LogP contribution in [0.1, 0.15) is 28.0 Å². The van der Waals surface area contributed by atoms with E-state index in [9.17, 15) is 4.79 Å². The fourth-order valence-electron chi connectivity index (χ4n) is 3.12. The zero-order valence-electron chi connectivity index (χ0n) is 12.2. The van der Waals surface area contributed by atoms with Crippen LogP contribution in [0.3, 0.4) is 0 Å². The third-order valence-electron chi connectivity index (χ3n) is 4.25. The van der Waals surface area contributed by atoms with Crippen molar-refractivity contribution in [3.63, 3.8) is 0 Å². The average Bonchev–Trinajstić information content (AvgIpc) is 2.90. The van der Waals surface area contributed by atoms with Crippen molar-refractivity contribution in [2.45, 2.75) is 12.8 Å². The second kappa shape index (κ2) is 5.55. The van der Waals surface area contributed by atoms with Crippen molar-refractivity contribution >= 4 is 46.0 Å². The largest absolute Gasteiger partial charge is 0.352 e. The van der Waals surface area contributed by atoms with Crippen molar-refractivity contribution in [3.05, 3.63) is 74.9 Å². The zero-order chi connectivity index (χ0) is 16.0. The SMILES string of the molecule is O=C1/C(=C/c2ccccc2)CCc2c1[nH]c1cc(Cl)c(Cl)cc21. The Balaban J connectivity index is 1.82. The molecule has 0 radical (unpaired) electrons. The van der Waals surface area contributed by atoms with E-state index in [4.69, 9.17) is 23.2 Å². The molecular formula is C19H13Cl2NO. The number of allylic oxidation sites excluding steroid dienone is 1. The first-order valence-corrected chi connectivity index (χ1v) is 8.19. The maximum Gasteiger partial charge on any atom is 0.205 e. The number of carbonyl (C=O) groups excluding carboxylic acids is 1. The van der Waals surface area contributed by atoms with Crippen molar-refractivity contribution in [1.82, 2.24) is 4.98 Å². The Kier molecular flexibility index (Phi) is 3.51. The molecule has 1 aliphatic carbocycles. The molecule has 0 amide bonds. The van der Waals surface area contributed by atoms with Crippen LogP contribution in [0.5, 0.6) is 0 Å². The number of H-pyrrole nitrogens is 1. The van der Waals surface area contributed by atoms with Gasteiger partial charge < -0.3 is 4.98 Å². The molecule has 4 heteroatoms. The van der Waals surface area contributed by atoms with Crippen LogP contribution in [-0.2, 0) is 6.42 Å². The molecule has 1 heterocycles. The minimum atomic E-state index is 0.0542. The molecule has 0 unspecified atom stereocenters. The Hall–Kier alpha value is -2.03. The number of halogens is 2. The third-order valence-corrected chi connectivity index (χ3v) is 4.97. The Morgan fingerprint density at radius 1 is 1.00 bits per heavy atom. The van der Waals surface area contributed by atoms with E-state index in [-0.39, 0.29) is 5.78 Å². The monoisotopic (exact) mass is 341 g/mol. The van der Waals surface area contributed by atoms with Gasteiger partial charge in [0.25, 0.3) is 0 Å². The maximum absolute atomic E-state index is 12.8. The van der Waals surface area contributed by atoms with Gasteiger partial charge in [0, 0.05) is 16.5 Å². The molecule has 0 saturated carbocycles. The van der Waals surface area contributed by atoms with E-state index in [0.717, 1.165) is 40.4 Å². The van der Waals surface area contributed by atoms with Gasteiger partial charge in [0.15, 0.2) is 0 Å². The highest BCUT2D eigenvalue weighted by Crippen LogP contribution is 2.35. The molecule has 0 aliphatic heterocycles. The highest BCUT2D eigenvalue weighted by Gasteiger charge is 2.26. The van der Waals surface area contributed by atoms with E-state index in [1.807, 2.05) is 42.5 Å². The lowest BCUT2D eigenvalue weighted by molar-refractivity contribution is 0.102. The van der Waals surface area contributed by atoms with Crippen molar-refractivity contribution < 1.29 is 4.79 Å². The van der Waals surface area contributed by atoms with Gasteiger partial charge in [-0.05, 0) is 42.2 Å². The minimum Gasteiger partial charge on any atom is -0.352 e. The molecule has 0 fully saturated rings. The molecule has 4 rings (SSSR count). The predicted molar refractivity (Wildman–Crippen MR) is 95.4 cm³/mol. The van der Waals surface area contributed by atoms with Gasteiger partial charge in [0.2, 0.25) is 5.78 Å². The van der Waals surface area contributed by atoms with E-state index >= 15 is 0 Å². The third kappa shape index (κ3) is 2.48. The van der Waals surface area contributed by atoms with Crippen LogP contribution in [-0.4, -0.2) is 10.8 Å². The van der Waals surface area contributed by atoms with Crippen LogP contribution >= 0.6 is 23.2 Å². The van der Waals surface area contributed by atoms with Crippen molar-refractivity contribution in [2.75, 3.05) is 0 Å². The molecule has 0 saturated heterocycles. The molecule has 23 heavy (non-hydrogen) atoms. The first kappa shape index (κ1) is 14.6. The van der Waals surface area contributed by atoms with Crippen molar-refractivity contribution in [1.29, 1.82) is 0 Å². The highest BCUT2D eigenvalue weighted by molar-refractivity contribution is 6.42. The first-order valence-electron chi connectivity index (χ1n) is 7.43. The van der Waals surface area contributed by atoms with Gasteiger partial charge in [-0.3, -0.25) is 4.79 Å². The van der Waals surface area contributed by atoms with E-state index in [1.54, 1.807) is 6.07 Å². The summed E-state index contributed by atoms with van der Waals surface area (Å²) in [5.74, 6) is 0.0542. The summed E-state index contributed by atoms with van der Waals surface area (Å²) in [6.45, 7) is 0. The van der Waals surface area contributed by atoms with Crippen molar-refractivity contribution in [2.24, 2.45) is 0 Å². The lowest BCUT2D eigenvalue weighted by Gasteiger charge is -2.14. The van der Waals surface area contributed by atoms with Crippen LogP contribution < -0.4 is 0 Å². The van der Waals surface area contributed by atoms with E-state index in [0.29, 0.717) is 15.7 Å². The van der Waals surface area contributed by atoms with E-state index < -0.39 is 0 Å². The summed E-state index contributed by atoms with van der Waals surface area (Å²) in [6.07, 6.45) is 3.52. The normalized spacial score (nSPS) is 16.1. The number of aryl methyl sites for hydroxylation is 1. The summed E-state index contributed by atoms with van der Waals surface area (Å²) in [5, 5.41) is 1.99. The molecule has 114 valence electrons.